The zero-order valence-electron chi connectivity index (χ0n) is 29.9. The van der Waals surface area contributed by atoms with E-state index >= 15 is 0 Å². The molecule has 0 saturated heterocycles. The number of benzene rings is 4. The number of fused-ring (bicyclic) bond motifs is 4. The summed E-state index contributed by atoms with van der Waals surface area (Å²) in [5, 5.41) is 8.37. The third kappa shape index (κ3) is 5.41. The SMILES string of the molecule is C1=CC2C(C3=CC(c4cccnc4-c4ccc5ccccc5c4)=CCC3)=c3ccccc3=C(C3=c4cccc(C5CCCCC5)c4=CCC3)C2C=C1. The maximum Gasteiger partial charge on any atom is 0.0780 e. The molecular formula is C51H45N. The summed E-state index contributed by atoms with van der Waals surface area (Å²) in [4.78, 5) is 4.98. The van der Waals surface area contributed by atoms with Gasteiger partial charge in [-0.2, -0.15) is 0 Å². The van der Waals surface area contributed by atoms with Gasteiger partial charge in [0.25, 0.3) is 0 Å². The third-order valence-electron chi connectivity index (χ3n) is 12.5. The van der Waals surface area contributed by atoms with Crippen molar-refractivity contribution in [3.05, 3.63) is 177 Å². The van der Waals surface area contributed by atoms with Crippen molar-refractivity contribution < 1.29 is 0 Å². The summed E-state index contributed by atoms with van der Waals surface area (Å²) in [5.74, 6) is 1.32. The van der Waals surface area contributed by atoms with Gasteiger partial charge < -0.3 is 0 Å². The Morgan fingerprint density at radius 3 is 2.21 bits per heavy atom. The van der Waals surface area contributed by atoms with E-state index < -0.39 is 0 Å². The van der Waals surface area contributed by atoms with Crippen LogP contribution in [-0.4, -0.2) is 4.98 Å². The molecule has 1 heterocycles. The van der Waals surface area contributed by atoms with Crippen LogP contribution in [0.25, 0.3) is 50.4 Å². The number of nitrogens with zero attached hydrogens (tertiary/aromatic N) is 1. The highest BCUT2D eigenvalue weighted by Gasteiger charge is 2.34. The maximum absolute atomic E-state index is 4.98. The molecule has 2 unspecified atom stereocenters. The summed E-state index contributed by atoms with van der Waals surface area (Å²) >= 11 is 0. The molecule has 0 bridgehead atoms. The van der Waals surface area contributed by atoms with Crippen molar-refractivity contribution in [2.45, 2.75) is 63.7 Å². The number of allylic oxidation sites excluding steroid dienone is 8. The molecule has 1 nitrogen and oxygen atoms in total. The van der Waals surface area contributed by atoms with Crippen LogP contribution in [0.15, 0.2) is 145 Å². The predicted molar refractivity (Wildman–Crippen MR) is 219 cm³/mol. The lowest BCUT2D eigenvalue weighted by molar-refractivity contribution is 0.442. The van der Waals surface area contributed by atoms with Crippen LogP contribution in [0.1, 0.15) is 74.8 Å². The average Bonchev–Trinajstić information content (AvgIpc) is 3.22. The summed E-state index contributed by atoms with van der Waals surface area (Å²) in [6.45, 7) is 0. The minimum absolute atomic E-state index is 0.303. The molecule has 0 N–H and O–H groups in total. The van der Waals surface area contributed by atoms with Crippen LogP contribution < -0.4 is 20.9 Å². The zero-order valence-corrected chi connectivity index (χ0v) is 29.9. The fraction of sp³-hybridized carbons (Fsp3) is 0.235. The molecule has 5 aliphatic carbocycles. The van der Waals surface area contributed by atoms with Crippen molar-refractivity contribution in [3.8, 4) is 11.3 Å². The van der Waals surface area contributed by atoms with E-state index in [4.69, 9.17) is 4.98 Å². The number of pyridine rings is 1. The molecule has 52 heavy (non-hydrogen) atoms. The van der Waals surface area contributed by atoms with Crippen molar-refractivity contribution in [3.63, 3.8) is 0 Å². The first kappa shape index (κ1) is 31.5. The van der Waals surface area contributed by atoms with Crippen LogP contribution in [0, 0.1) is 11.8 Å². The largest absolute Gasteiger partial charge is 0.256 e. The molecule has 4 aromatic carbocycles. The van der Waals surface area contributed by atoms with Gasteiger partial charge in [-0.15, -0.1) is 0 Å². The quantitative estimate of drug-likeness (QED) is 0.181. The standard InChI is InChI=1S/C51H45N/c1-2-15-35(16-3-1)40-24-11-26-43-42(40)25-12-27-44(43)50-47-22-8-6-20-45(47)49(46-21-7-9-23-48(46)50)38-19-10-18-37(33-38)41-28-13-31-52-51(41)39-30-29-34-14-4-5-17-36(34)32-39/h4-9,11,13-14,17-18,20-26,28-33,35,45,47H,1-3,10,12,15-16,19,27H2. The van der Waals surface area contributed by atoms with Crippen LogP contribution in [-0.2, 0) is 0 Å². The molecule has 1 saturated carbocycles. The molecule has 254 valence electrons. The Morgan fingerprint density at radius 1 is 0.596 bits per heavy atom. The second-order valence-electron chi connectivity index (χ2n) is 15.4. The smallest absolute Gasteiger partial charge is 0.0780 e. The Hall–Kier alpha value is -5.27. The topological polar surface area (TPSA) is 12.9 Å². The molecular weight excluding hydrogens is 627 g/mol. The third-order valence-corrected chi connectivity index (χ3v) is 12.5. The van der Waals surface area contributed by atoms with Crippen LogP contribution in [0.2, 0.25) is 0 Å². The summed E-state index contributed by atoms with van der Waals surface area (Å²) in [7, 11) is 0. The first-order valence-electron chi connectivity index (χ1n) is 19.7. The Balaban J connectivity index is 1.15. The van der Waals surface area contributed by atoms with Crippen LogP contribution >= 0.6 is 0 Å². The van der Waals surface area contributed by atoms with E-state index in [-0.39, 0.29) is 0 Å². The van der Waals surface area contributed by atoms with Gasteiger partial charge in [0.15, 0.2) is 0 Å². The van der Waals surface area contributed by atoms with Crippen molar-refractivity contribution in [1.29, 1.82) is 0 Å². The Labute approximate surface area is 307 Å². The van der Waals surface area contributed by atoms with E-state index in [2.05, 4.69) is 140 Å². The number of hydrogen-bond acceptors (Lipinski definition) is 1. The summed E-state index contributed by atoms with van der Waals surface area (Å²) in [5.41, 5.74) is 12.4. The Morgan fingerprint density at radius 2 is 1.35 bits per heavy atom. The monoisotopic (exact) mass is 671 g/mol. The van der Waals surface area contributed by atoms with E-state index in [0.29, 0.717) is 17.8 Å². The van der Waals surface area contributed by atoms with E-state index in [9.17, 15) is 0 Å². The van der Waals surface area contributed by atoms with E-state index in [1.165, 1.54) is 91.6 Å². The molecule has 1 fully saturated rings. The second kappa shape index (κ2) is 13.4. The number of rotatable bonds is 5. The van der Waals surface area contributed by atoms with Crippen LogP contribution in [0.4, 0.5) is 0 Å². The highest BCUT2D eigenvalue weighted by atomic mass is 14.7. The Bertz CT molecular complexity index is 2620. The number of hydrogen-bond donors (Lipinski definition) is 0. The second-order valence-corrected chi connectivity index (χ2v) is 15.4. The lowest BCUT2D eigenvalue weighted by Crippen LogP contribution is -2.43. The average molecular weight is 672 g/mol. The van der Waals surface area contributed by atoms with Gasteiger partial charge in [-0.05, 0) is 122 Å². The van der Waals surface area contributed by atoms with E-state index in [1.54, 1.807) is 16.7 Å². The molecule has 5 aromatic rings. The van der Waals surface area contributed by atoms with Crippen LogP contribution in [0.5, 0.6) is 0 Å². The highest BCUT2D eigenvalue weighted by Crippen LogP contribution is 2.44. The minimum Gasteiger partial charge on any atom is -0.256 e. The molecule has 2 atom stereocenters. The van der Waals surface area contributed by atoms with Gasteiger partial charge in [0, 0.05) is 29.2 Å². The van der Waals surface area contributed by atoms with Gasteiger partial charge in [0.2, 0.25) is 0 Å². The fourth-order valence-electron chi connectivity index (χ4n) is 10.1. The van der Waals surface area contributed by atoms with Crippen molar-refractivity contribution in [1.82, 2.24) is 4.98 Å². The molecule has 1 heteroatoms. The molecule has 1 aromatic heterocycles. The van der Waals surface area contributed by atoms with Gasteiger partial charge >= 0.3 is 0 Å². The van der Waals surface area contributed by atoms with E-state index in [1.807, 2.05) is 6.20 Å². The zero-order chi connectivity index (χ0) is 34.4. The summed E-state index contributed by atoms with van der Waals surface area (Å²) in [6, 6.07) is 36.3. The van der Waals surface area contributed by atoms with Gasteiger partial charge in [-0.3, -0.25) is 4.98 Å². The normalized spacial score (nSPS) is 21.2. The maximum atomic E-state index is 4.98. The fourth-order valence-corrected chi connectivity index (χ4v) is 10.1. The summed E-state index contributed by atoms with van der Waals surface area (Å²) in [6.07, 6.45) is 30.1. The van der Waals surface area contributed by atoms with Crippen molar-refractivity contribution in [2.24, 2.45) is 11.8 Å². The van der Waals surface area contributed by atoms with E-state index in [0.717, 1.165) is 31.4 Å². The highest BCUT2D eigenvalue weighted by molar-refractivity contribution is 5.96. The predicted octanol–water partition coefficient (Wildman–Crippen LogP) is 9.85. The minimum atomic E-state index is 0.303. The van der Waals surface area contributed by atoms with Crippen molar-refractivity contribution >= 4 is 39.1 Å². The summed E-state index contributed by atoms with van der Waals surface area (Å²) < 4.78 is 0. The molecule has 0 amide bonds. The first-order valence-corrected chi connectivity index (χ1v) is 19.7. The lowest BCUT2D eigenvalue weighted by Gasteiger charge is -2.36. The van der Waals surface area contributed by atoms with Gasteiger partial charge in [0.05, 0.1) is 5.69 Å². The Kier molecular flexibility index (Phi) is 8.09. The van der Waals surface area contributed by atoms with Crippen molar-refractivity contribution in [2.75, 3.05) is 0 Å². The van der Waals surface area contributed by atoms with Gasteiger partial charge in [-0.25, -0.2) is 0 Å². The lowest BCUT2D eigenvalue weighted by atomic mass is 9.67. The van der Waals surface area contributed by atoms with Gasteiger partial charge in [0.1, 0.15) is 0 Å². The molecule has 0 aliphatic heterocycles. The first-order chi connectivity index (χ1) is 25.8. The van der Waals surface area contributed by atoms with Gasteiger partial charge in [-0.1, -0.05) is 147 Å². The molecule has 5 aliphatic rings. The number of aromatic nitrogens is 1. The molecule has 0 radical (unpaired) electrons. The molecule has 0 spiro atoms. The van der Waals surface area contributed by atoms with Crippen LogP contribution in [0.3, 0.4) is 0 Å². The molecule has 10 rings (SSSR count).